The van der Waals surface area contributed by atoms with Crippen LogP contribution in [0, 0.1) is 30.0 Å². The fraction of sp³-hybridized carbons (Fsp3) is 0.375. The Balaban J connectivity index is 1.70. The highest BCUT2D eigenvalue weighted by Crippen LogP contribution is 2.21. The van der Waals surface area contributed by atoms with Gasteiger partial charge < -0.3 is 10.2 Å². The van der Waals surface area contributed by atoms with Crippen molar-refractivity contribution in [1.29, 1.82) is 5.26 Å². The molecule has 0 saturated carbocycles. The summed E-state index contributed by atoms with van der Waals surface area (Å²) >= 11 is 0. The second-order valence-electron chi connectivity index (χ2n) is 8.11. The number of nitrogens with zero attached hydrogens (tertiary/aromatic N) is 3. The van der Waals surface area contributed by atoms with Crippen molar-refractivity contribution in [2.24, 2.45) is 5.92 Å². The number of anilines is 1. The summed E-state index contributed by atoms with van der Waals surface area (Å²) < 4.78 is 13.9. The van der Waals surface area contributed by atoms with Crippen molar-refractivity contribution in [3.05, 3.63) is 65.0 Å². The van der Waals surface area contributed by atoms with Crippen molar-refractivity contribution in [3.63, 3.8) is 0 Å². The number of hydrogen-bond donors (Lipinski definition) is 1. The van der Waals surface area contributed by atoms with E-state index in [1.807, 2.05) is 20.8 Å². The molecule has 0 radical (unpaired) electrons. The number of benzene rings is 2. The third-order valence-electron chi connectivity index (χ3n) is 5.61. The number of carbonyl (C=O) groups excluding carboxylic acids is 2. The van der Waals surface area contributed by atoms with Gasteiger partial charge in [0.2, 0.25) is 0 Å². The van der Waals surface area contributed by atoms with E-state index in [0.717, 1.165) is 5.56 Å². The molecule has 0 aromatic heterocycles. The quantitative estimate of drug-likeness (QED) is 0.797. The van der Waals surface area contributed by atoms with Gasteiger partial charge in [0.1, 0.15) is 11.9 Å². The maximum Gasteiger partial charge on any atom is 0.258 e. The number of rotatable bonds is 5. The van der Waals surface area contributed by atoms with Gasteiger partial charge >= 0.3 is 0 Å². The number of piperazine rings is 1. The average Bonchev–Trinajstić information content (AvgIpc) is 2.76. The van der Waals surface area contributed by atoms with E-state index in [4.69, 9.17) is 0 Å². The highest BCUT2D eigenvalue weighted by atomic mass is 19.1. The van der Waals surface area contributed by atoms with Gasteiger partial charge in [-0.25, -0.2) is 4.39 Å². The Morgan fingerprint density at radius 3 is 2.39 bits per heavy atom. The van der Waals surface area contributed by atoms with E-state index in [-0.39, 0.29) is 23.4 Å². The van der Waals surface area contributed by atoms with E-state index in [9.17, 15) is 19.2 Å². The molecule has 1 aliphatic heterocycles. The summed E-state index contributed by atoms with van der Waals surface area (Å²) in [4.78, 5) is 29.4. The van der Waals surface area contributed by atoms with Gasteiger partial charge in [0.25, 0.3) is 11.8 Å². The van der Waals surface area contributed by atoms with Gasteiger partial charge in [-0.05, 0) is 42.7 Å². The Kier molecular flexibility index (Phi) is 7.03. The van der Waals surface area contributed by atoms with Crippen LogP contribution in [0.1, 0.15) is 40.1 Å². The Morgan fingerprint density at radius 1 is 1.10 bits per heavy atom. The van der Waals surface area contributed by atoms with E-state index in [1.54, 1.807) is 29.2 Å². The lowest BCUT2D eigenvalue weighted by molar-refractivity contribution is 0.0576. The molecule has 31 heavy (non-hydrogen) atoms. The second-order valence-corrected chi connectivity index (χ2v) is 8.11. The third kappa shape index (κ3) is 5.09. The molecular formula is C24H27FN4O2. The van der Waals surface area contributed by atoms with Gasteiger partial charge in [-0.2, -0.15) is 5.26 Å². The molecule has 1 heterocycles. The normalized spacial score (nSPS) is 15.4. The van der Waals surface area contributed by atoms with Crippen LogP contribution in [0.15, 0.2) is 42.5 Å². The van der Waals surface area contributed by atoms with Crippen molar-refractivity contribution in [2.75, 3.05) is 31.5 Å². The number of amides is 2. The van der Waals surface area contributed by atoms with Crippen LogP contribution < -0.4 is 5.32 Å². The Hall–Kier alpha value is -3.24. The number of nitriles is 1. The molecule has 0 spiro atoms. The van der Waals surface area contributed by atoms with Crippen LogP contribution in [0.2, 0.25) is 0 Å². The highest BCUT2D eigenvalue weighted by Gasteiger charge is 2.28. The summed E-state index contributed by atoms with van der Waals surface area (Å²) in [6, 6.07) is 13.1. The standard InChI is InChI=1S/C24H27FN4O2/c1-16(2)22(15-26)28-10-12-29(13-11-28)24(31)18-9-8-17(3)21(14-18)27-23(30)19-6-4-5-7-20(19)25/h4-9,14,16,22H,10-13H2,1-3H3,(H,27,30). The molecule has 1 fully saturated rings. The van der Waals surface area contributed by atoms with Crippen molar-refractivity contribution in [3.8, 4) is 6.07 Å². The molecule has 6 nitrogen and oxygen atoms in total. The molecule has 1 aliphatic rings. The van der Waals surface area contributed by atoms with E-state index >= 15 is 0 Å². The molecule has 2 amide bonds. The summed E-state index contributed by atoms with van der Waals surface area (Å²) in [6.45, 7) is 8.22. The van der Waals surface area contributed by atoms with Gasteiger partial charge in [-0.15, -0.1) is 0 Å². The fourth-order valence-corrected chi connectivity index (χ4v) is 3.76. The molecule has 0 aliphatic carbocycles. The molecule has 7 heteroatoms. The Bertz CT molecular complexity index is 1010. The minimum Gasteiger partial charge on any atom is -0.336 e. The lowest BCUT2D eigenvalue weighted by atomic mass is 10.0. The van der Waals surface area contributed by atoms with Crippen molar-refractivity contribution in [2.45, 2.75) is 26.8 Å². The first kappa shape index (κ1) is 22.4. The lowest BCUT2D eigenvalue weighted by Gasteiger charge is -2.38. The maximum absolute atomic E-state index is 13.9. The predicted octanol–water partition coefficient (Wildman–Crippen LogP) is 3.69. The molecule has 1 N–H and O–H groups in total. The van der Waals surface area contributed by atoms with Crippen LogP contribution in [0.3, 0.4) is 0 Å². The van der Waals surface area contributed by atoms with Crippen LogP contribution in [-0.2, 0) is 0 Å². The summed E-state index contributed by atoms with van der Waals surface area (Å²) in [5.41, 5.74) is 1.66. The first-order chi connectivity index (χ1) is 14.8. The number of aryl methyl sites for hydroxylation is 1. The van der Waals surface area contributed by atoms with E-state index < -0.39 is 11.7 Å². The zero-order valence-electron chi connectivity index (χ0n) is 18.1. The zero-order valence-corrected chi connectivity index (χ0v) is 18.1. The molecule has 1 saturated heterocycles. The molecule has 162 valence electrons. The molecule has 3 rings (SSSR count). The lowest BCUT2D eigenvalue weighted by Crippen LogP contribution is -2.52. The van der Waals surface area contributed by atoms with Gasteiger partial charge in [-0.3, -0.25) is 14.5 Å². The van der Waals surface area contributed by atoms with Crippen molar-refractivity contribution >= 4 is 17.5 Å². The molecular weight excluding hydrogens is 395 g/mol. The van der Waals surface area contributed by atoms with Crippen molar-refractivity contribution in [1.82, 2.24) is 9.80 Å². The molecule has 1 unspecified atom stereocenters. The first-order valence-corrected chi connectivity index (χ1v) is 10.4. The second kappa shape index (κ2) is 9.71. The van der Waals surface area contributed by atoms with Crippen LogP contribution in [-0.4, -0.2) is 53.8 Å². The summed E-state index contributed by atoms with van der Waals surface area (Å²) in [5, 5.41) is 12.1. The first-order valence-electron chi connectivity index (χ1n) is 10.4. The van der Waals surface area contributed by atoms with Crippen molar-refractivity contribution < 1.29 is 14.0 Å². The SMILES string of the molecule is Cc1ccc(C(=O)N2CCN(C(C#N)C(C)C)CC2)cc1NC(=O)c1ccccc1F. The summed E-state index contributed by atoms with van der Waals surface area (Å²) in [7, 11) is 0. The smallest absolute Gasteiger partial charge is 0.258 e. The van der Waals surface area contributed by atoms with Gasteiger partial charge in [0.15, 0.2) is 0 Å². The van der Waals surface area contributed by atoms with E-state index in [2.05, 4.69) is 16.3 Å². The minimum atomic E-state index is -0.597. The minimum absolute atomic E-state index is 0.0491. The van der Waals surface area contributed by atoms with E-state index in [1.165, 1.54) is 18.2 Å². The molecule has 2 aromatic rings. The number of nitrogens with one attached hydrogen (secondary N) is 1. The Labute approximate surface area is 182 Å². The number of carbonyl (C=O) groups is 2. The summed E-state index contributed by atoms with van der Waals surface area (Å²) in [5.74, 6) is -1.06. The van der Waals surface area contributed by atoms with Crippen LogP contribution in [0.5, 0.6) is 0 Å². The zero-order chi connectivity index (χ0) is 22.5. The predicted molar refractivity (Wildman–Crippen MR) is 117 cm³/mol. The van der Waals surface area contributed by atoms with Crippen LogP contribution in [0.25, 0.3) is 0 Å². The molecule has 1 atom stereocenters. The maximum atomic E-state index is 13.9. The highest BCUT2D eigenvalue weighted by molar-refractivity contribution is 6.05. The van der Waals surface area contributed by atoms with Crippen LogP contribution in [0.4, 0.5) is 10.1 Å². The third-order valence-corrected chi connectivity index (χ3v) is 5.61. The van der Waals surface area contributed by atoms with Crippen LogP contribution >= 0.6 is 0 Å². The number of hydrogen-bond acceptors (Lipinski definition) is 4. The van der Waals surface area contributed by atoms with Gasteiger partial charge in [0, 0.05) is 37.4 Å². The van der Waals surface area contributed by atoms with Gasteiger partial charge in [0.05, 0.1) is 11.6 Å². The number of halogens is 1. The monoisotopic (exact) mass is 422 g/mol. The Morgan fingerprint density at radius 2 is 1.77 bits per heavy atom. The largest absolute Gasteiger partial charge is 0.336 e. The average molecular weight is 423 g/mol. The fourth-order valence-electron chi connectivity index (χ4n) is 3.76. The molecule has 2 aromatic carbocycles. The van der Waals surface area contributed by atoms with E-state index in [0.29, 0.717) is 37.4 Å². The summed E-state index contributed by atoms with van der Waals surface area (Å²) in [6.07, 6.45) is 0. The van der Waals surface area contributed by atoms with Gasteiger partial charge in [-0.1, -0.05) is 32.0 Å². The molecule has 0 bridgehead atoms. The topological polar surface area (TPSA) is 76.4 Å².